The molecule has 0 aromatic rings. The smallest absolute Gasteiger partial charge is 0.207 e. The fourth-order valence-electron chi connectivity index (χ4n) is 0.496. The summed E-state index contributed by atoms with van der Waals surface area (Å²) in [6.45, 7) is 5.51. The minimum atomic E-state index is 0.513. The Hall–Kier alpha value is -0.570. The molecule has 0 heterocycles. The van der Waals surface area contributed by atoms with E-state index in [1.54, 1.807) is 0 Å². The predicted molar refractivity (Wildman–Crippen MR) is 48.3 cm³/mol. The number of nitrogens with two attached hydrogens (primary N) is 1. The molecule has 0 aliphatic carbocycles. The lowest BCUT2D eigenvalue weighted by molar-refractivity contribution is -0.109. The summed E-state index contributed by atoms with van der Waals surface area (Å²) in [6, 6.07) is 0. The SMILES string of the molecule is CCCCC.NCCNC=O. The molecule has 0 saturated heterocycles. The molecule has 0 unspecified atom stereocenters. The van der Waals surface area contributed by atoms with Crippen LogP contribution in [0.4, 0.5) is 0 Å². The fraction of sp³-hybridized carbons (Fsp3) is 0.875. The molecule has 0 radical (unpaired) electrons. The second-order valence-electron chi connectivity index (χ2n) is 2.21. The van der Waals surface area contributed by atoms with Gasteiger partial charge in [-0.3, -0.25) is 4.79 Å². The largest absolute Gasteiger partial charge is 0.357 e. The fourth-order valence-corrected chi connectivity index (χ4v) is 0.496. The molecule has 68 valence electrons. The molecule has 0 saturated carbocycles. The zero-order valence-corrected chi connectivity index (χ0v) is 7.60. The minimum absolute atomic E-state index is 0.513. The second-order valence-corrected chi connectivity index (χ2v) is 2.21. The van der Waals surface area contributed by atoms with Gasteiger partial charge in [-0.2, -0.15) is 0 Å². The van der Waals surface area contributed by atoms with E-state index >= 15 is 0 Å². The van der Waals surface area contributed by atoms with Crippen LogP contribution in [0.25, 0.3) is 0 Å². The van der Waals surface area contributed by atoms with Gasteiger partial charge in [-0.15, -0.1) is 0 Å². The summed E-state index contributed by atoms with van der Waals surface area (Å²) in [4.78, 5) is 9.40. The lowest BCUT2D eigenvalue weighted by Crippen LogP contribution is -2.20. The Morgan fingerprint density at radius 3 is 2.00 bits per heavy atom. The minimum Gasteiger partial charge on any atom is -0.357 e. The summed E-state index contributed by atoms with van der Waals surface area (Å²) >= 11 is 0. The Kier molecular flexibility index (Phi) is 19.2. The molecule has 0 bridgehead atoms. The Morgan fingerprint density at radius 2 is 1.91 bits per heavy atom. The molecule has 0 atom stereocenters. The van der Waals surface area contributed by atoms with Crippen molar-refractivity contribution in [2.75, 3.05) is 13.1 Å². The average molecular weight is 160 g/mol. The Balaban J connectivity index is 0. The van der Waals surface area contributed by atoms with Crippen LogP contribution in [-0.2, 0) is 4.79 Å². The first-order valence-corrected chi connectivity index (χ1v) is 4.20. The van der Waals surface area contributed by atoms with Crippen molar-refractivity contribution in [1.82, 2.24) is 5.32 Å². The van der Waals surface area contributed by atoms with Crippen molar-refractivity contribution in [2.24, 2.45) is 5.73 Å². The van der Waals surface area contributed by atoms with E-state index in [0.717, 1.165) is 0 Å². The quantitative estimate of drug-likeness (QED) is 0.463. The molecule has 11 heavy (non-hydrogen) atoms. The Morgan fingerprint density at radius 1 is 1.36 bits per heavy atom. The molecule has 0 aromatic carbocycles. The average Bonchev–Trinajstić information content (AvgIpc) is 2.04. The van der Waals surface area contributed by atoms with E-state index in [1.165, 1.54) is 19.3 Å². The molecule has 3 heteroatoms. The molecular formula is C8H20N2O. The number of hydrogen-bond acceptors (Lipinski definition) is 2. The van der Waals surface area contributed by atoms with Crippen LogP contribution in [0.2, 0.25) is 0 Å². The number of unbranched alkanes of at least 4 members (excludes halogenated alkanes) is 2. The molecule has 0 rings (SSSR count). The molecule has 1 amide bonds. The molecule has 0 aliphatic rings. The van der Waals surface area contributed by atoms with Gasteiger partial charge in [0.05, 0.1) is 0 Å². The van der Waals surface area contributed by atoms with Crippen LogP contribution in [0.5, 0.6) is 0 Å². The van der Waals surface area contributed by atoms with Gasteiger partial charge in [-0.1, -0.05) is 33.1 Å². The summed E-state index contributed by atoms with van der Waals surface area (Å²) in [6.07, 6.45) is 4.71. The number of carbonyl (C=O) groups excluding carboxylic acids is 1. The molecule has 0 aromatic heterocycles. The molecule has 3 N–H and O–H groups in total. The van der Waals surface area contributed by atoms with Crippen molar-refractivity contribution < 1.29 is 4.79 Å². The van der Waals surface area contributed by atoms with Gasteiger partial charge in [0.25, 0.3) is 0 Å². The Labute approximate surface area is 69.4 Å². The van der Waals surface area contributed by atoms with Gasteiger partial charge < -0.3 is 11.1 Å². The highest BCUT2D eigenvalue weighted by Gasteiger charge is 1.69. The van der Waals surface area contributed by atoms with Gasteiger partial charge in [-0.25, -0.2) is 0 Å². The van der Waals surface area contributed by atoms with E-state index in [0.29, 0.717) is 19.5 Å². The number of nitrogens with one attached hydrogen (secondary N) is 1. The standard InChI is InChI=1S/C5H12.C3H8N2O/c1-3-5-4-2;4-1-2-5-3-6/h3-5H2,1-2H3;3H,1-2,4H2,(H,5,6). The number of carbonyl (C=O) groups is 1. The first-order valence-electron chi connectivity index (χ1n) is 4.20. The summed E-state index contributed by atoms with van der Waals surface area (Å²) in [5.74, 6) is 0. The van der Waals surface area contributed by atoms with E-state index in [9.17, 15) is 4.79 Å². The molecular weight excluding hydrogens is 140 g/mol. The lowest BCUT2D eigenvalue weighted by atomic mass is 10.3. The topological polar surface area (TPSA) is 55.1 Å². The second kappa shape index (κ2) is 16.2. The van der Waals surface area contributed by atoms with Crippen LogP contribution in [0, 0.1) is 0 Å². The summed E-state index contributed by atoms with van der Waals surface area (Å²) in [5.41, 5.74) is 4.99. The van der Waals surface area contributed by atoms with Crippen LogP contribution in [0.3, 0.4) is 0 Å². The van der Waals surface area contributed by atoms with E-state index in [-0.39, 0.29) is 0 Å². The number of rotatable bonds is 5. The summed E-state index contributed by atoms with van der Waals surface area (Å²) in [5, 5.41) is 2.39. The molecule has 0 fully saturated rings. The van der Waals surface area contributed by atoms with Gasteiger partial charge in [0.1, 0.15) is 0 Å². The third-order valence-corrected chi connectivity index (χ3v) is 1.08. The lowest BCUT2D eigenvalue weighted by Gasteiger charge is -1.86. The maximum atomic E-state index is 9.40. The zero-order valence-electron chi connectivity index (χ0n) is 7.60. The molecule has 0 aliphatic heterocycles. The van der Waals surface area contributed by atoms with E-state index in [2.05, 4.69) is 19.2 Å². The number of amides is 1. The van der Waals surface area contributed by atoms with Crippen molar-refractivity contribution in [3.05, 3.63) is 0 Å². The van der Waals surface area contributed by atoms with Gasteiger partial charge in [0.15, 0.2) is 0 Å². The highest BCUT2D eigenvalue weighted by Crippen LogP contribution is 1.88. The van der Waals surface area contributed by atoms with E-state index in [1.807, 2.05) is 0 Å². The van der Waals surface area contributed by atoms with Crippen molar-refractivity contribution in [3.63, 3.8) is 0 Å². The number of hydrogen-bond donors (Lipinski definition) is 2. The highest BCUT2D eigenvalue weighted by atomic mass is 16.1. The maximum absolute atomic E-state index is 9.40. The first kappa shape index (κ1) is 13.1. The van der Waals surface area contributed by atoms with Crippen molar-refractivity contribution in [2.45, 2.75) is 33.1 Å². The third kappa shape index (κ3) is 26.5. The van der Waals surface area contributed by atoms with Crippen LogP contribution >= 0.6 is 0 Å². The highest BCUT2D eigenvalue weighted by molar-refractivity contribution is 5.45. The van der Waals surface area contributed by atoms with Crippen LogP contribution < -0.4 is 11.1 Å². The van der Waals surface area contributed by atoms with Gasteiger partial charge in [-0.05, 0) is 0 Å². The van der Waals surface area contributed by atoms with Gasteiger partial charge in [0, 0.05) is 13.1 Å². The first-order chi connectivity index (χ1) is 5.33. The van der Waals surface area contributed by atoms with Gasteiger partial charge >= 0.3 is 0 Å². The van der Waals surface area contributed by atoms with Crippen LogP contribution in [0.1, 0.15) is 33.1 Å². The molecule has 0 spiro atoms. The van der Waals surface area contributed by atoms with E-state index < -0.39 is 0 Å². The van der Waals surface area contributed by atoms with E-state index in [4.69, 9.17) is 5.73 Å². The van der Waals surface area contributed by atoms with Crippen molar-refractivity contribution >= 4 is 6.41 Å². The van der Waals surface area contributed by atoms with Crippen LogP contribution in [-0.4, -0.2) is 19.5 Å². The molecule has 3 nitrogen and oxygen atoms in total. The van der Waals surface area contributed by atoms with Crippen molar-refractivity contribution in [3.8, 4) is 0 Å². The van der Waals surface area contributed by atoms with Crippen molar-refractivity contribution in [1.29, 1.82) is 0 Å². The summed E-state index contributed by atoms with van der Waals surface area (Å²) in [7, 11) is 0. The zero-order chi connectivity index (χ0) is 8.95. The normalized spacial score (nSPS) is 7.91. The maximum Gasteiger partial charge on any atom is 0.207 e. The summed E-state index contributed by atoms with van der Waals surface area (Å²) < 4.78 is 0. The monoisotopic (exact) mass is 160 g/mol. The third-order valence-electron chi connectivity index (χ3n) is 1.08. The Bertz CT molecular complexity index is 65.1. The van der Waals surface area contributed by atoms with Gasteiger partial charge in [0.2, 0.25) is 6.41 Å². The van der Waals surface area contributed by atoms with Crippen LogP contribution in [0.15, 0.2) is 0 Å². The predicted octanol–water partition coefficient (Wildman–Crippen LogP) is 0.888.